The number of likely N-dealkylation sites (tertiary alicyclic amines) is 1. The number of carbonyl (C=O) groups excluding carboxylic acids is 1. The maximum absolute atomic E-state index is 11.7. The molecular weight excluding hydrogens is 415 g/mol. The summed E-state index contributed by atoms with van der Waals surface area (Å²) in [6.07, 6.45) is 5.82. The molecule has 1 amide bonds. The van der Waals surface area contributed by atoms with Crippen LogP contribution < -0.4 is 10.6 Å². The van der Waals surface area contributed by atoms with Crippen molar-refractivity contribution in [2.75, 3.05) is 31.5 Å². The number of piperidine rings is 1. The van der Waals surface area contributed by atoms with Crippen molar-refractivity contribution in [3.8, 4) is 0 Å². The van der Waals surface area contributed by atoms with Crippen LogP contribution >= 0.6 is 24.0 Å². The average Bonchev–Trinajstić information content (AvgIpc) is 3.44. The van der Waals surface area contributed by atoms with Gasteiger partial charge in [0, 0.05) is 31.2 Å². The zero-order chi connectivity index (χ0) is 15.9. The predicted octanol–water partition coefficient (Wildman–Crippen LogP) is 3.08. The molecule has 5 nitrogen and oxygen atoms in total. The van der Waals surface area contributed by atoms with E-state index in [1.807, 2.05) is 30.3 Å². The first-order chi connectivity index (χ1) is 11.3. The number of halogens is 1. The standard InChI is InChI=1S/C18H26N4O.HI/c23-17(15-9-10-15)19-11-12-20-18(22-13-5-2-6-14-22)21-16-7-3-1-4-8-16;/h1,3-4,7-8,15H,2,5-6,9-14H2,(H,19,23)(H,20,21);1H. The molecule has 3 rings (SSSR count). The molecule has 1 aromatic carbocycles. The van der Waals surface area contributed by atoms with Gasteiger partial charge >= 0.3 is 0 Å². The number of hydrogen-bond acceptors (Lipinski definition) is 2. The molecule has 0 spiro atoms. The fourth-order valence-corrected chi connectivity index (χ4v) is 2.81. The number of rotatable bonds is 5. The highest BCUT2D eigenvalue weighted by Gasteiger charge is 2.29. The normalized spacial score (nSPS) is 17.8. The van der Waals surface area contributed by atoms with E-state index in [0.29, 0.717) is 13.1 Å². The summed E-state index contributed by atoms with van der Waals surface area (Å²) in [6, 6.07) is 10.1. The molecule has 1 aliphatic heterocycles. The third-order valence-electron chi connectivity index (χ3n) is 4.31. The summed E-state index contributed by atoms with van der Waals surface area (Å²) in [4.78, 5) is 18.7. The van der Waals surface area contributed by atoms with Crippen molar-refractivity contribution in [3.05, 3.63) is 30.3 Å². The highest BCUT2D eigenvalue weighted by molar-refractivity contribution is 14.0. The molecule has 0 unspecified atom stereocenters. The second-order valence-electron chi connectivity index (χ2n) is 6.31. The van der Waals surface area contributed by atoms with Crippen molar-refractivity contribution < 1.29 is 4.79 Å². The van der Waals surface area contributed by atoms with Crippen molar-refractivity contribution in [2.45, 2.75) is 32.1 Å². The average molecular weight is 442 g/mol. The molecule has 1 saturated heterocycles. The first-order valence-corrected chi connectivity index (χ1v) is 8.72. The van der Waals surface area contributed by atoms with Gasteiger partial charge in [0.25, 0.3) is 0 Å². The zero-order valence-corrected chi connectivity index (χ0v) is 16.4. The topological polar surface area (TPSA) is 56.7 Å². The Morgan fingerprint density at radius 1 is 1.12 bits per heavy atom. The molecule has 6 heteroatoms. The second kappa shape index (κ2) is 9.86. The van der Waals surface area contributed by atoms with Crippen LogP contribution in [0.3, 0.4) is 0 Å². The molecule has 0 bridgehead atoms. The Morgan fingerprint density at radius 3 is 2.50 bits per heavy atom. The number of amides is 1. The van der Waals surface area contributed by atoms with E-state index in [9.17, 15) is 4.79 Å². The molecule has 2 aliphatic rings. The lowest BCUT2D eigenvalue weighted by Crippen LogP contribution is -2.40. The molecule has 0 aromatic heterocycles. The summed E-state index contributed by atoms with van der Waals surface area (Å²) >= 11 is 0. The highest BCUT2D eigenvalue weighted by Crippen LogP contribution is 2.28. The molecule has 1 aliphatic carbocycles. The summed E-state index contributed by atoms with van der Waals surface area (Å²) in [5.74, 6) is 1.38. The quantitative estimate of drug-likeness (QED) is 0.319. The van der Waals surface area contributed by atoms with Crippen molar-refractivity contribution >= 4 is 41.5 Å². The lowest BCUT2D eigenvalue weighted by molar-refractivity contribution is -0.122. The van der Waals surface area contributed by atoms with Gasteiger partial charge in [-0.25, -0.2) is 0 Å². The number of carbonyl (C=O) groups is 1. The molecule has 0 atom stereocenters. The Morgan fingerprint density at radius 2 is 1.83 bits per heavy atom. The van der Waals surface area contributed by atoms with Gasteiger partial charge in [-0.15, -0.1) is 24.0 Å². The van der Waals surface area contributed by atoms with Crippen molar-refractivity contribution in [2.24, 2.45) is 10.9 Å². The predicted molar refractivity (Wildman–Crippen MR) is 109 cm³/mol. The summed E-state index contributed by atoms with van der Waals surface area (Å²) < 4.78 is 0. The van der Waals surface area contributed by atoms with Crippen LogP contribution in [0, 0.1) is 5.92 Å². The molecule has 1 saturated carbocycles. The molecule has 24 heavy (non-hydrogen) atoms. The van der Waals surface area contributed by atoms with E-state index in [1.54, 1.807) is 0 Å². The summed E-state index contributed by atoms with van der Waals surface area (Å²) in [5.41, 5.74) is 1.05. The van der Waals surface area contributed by atoms with Gasteiger partial charge in [0.2, 0.25) is 5.91 Å². The number of guanidine groups is 1. The number of nitrogens with one attached hydrogen (secondary N) is 2. The Labute approximate surface area is 161 Å². The highest BCUT2D eigenvalue weighted by atomic mass is 127. The van der Waals surface area contributed by atoms with Crippen LogP contribution in [-0.2, 0) is 4.79 Å². The first-order valence-electron chi connectivity index (χ1n) is 8.72. The third-order valence-corrected chi connectivity index (χ3v) is 4.31. The zero-order valence-electron chi connectivity index (χ0n) is 14.0. The fraction of sp³-hybridized carbons (Fsp3) is 0.556. The second-order valence-corrected chi connectivity index (χ2v) is 6.31. The lowest BCUT2D eigenvalue weighted by atomic mass is 10.1. The van der Waals surface area contributed by atoms with Gasteiger partial charge < -0.3 is 15.5 Å². The minimum absolute atomic E-state index is 0. The number of hydrogen-bond donors (Lipinski definition) is 2. The minimum atomic E-state index is 0. The maximum Gasteiger partial charge on any atom is 0.223 e. The maximum atomic E-state index is 11.7. The van der Waals surface area contributed by atoms with Gasteiger partial charge in [-0.1, -0.05) is 18.2 Å². The smallest absolute Gasteiger partial charge is 0.223 e. The van der Waals surface area contributed by atoms with E-state index in [1.165, 1.54) is 19.3 Å². The number of aliphatic imine (C=N–C) groups is 1. The molecule has 2 N–H and O–H groups in total. The number of benzene rings is 1. The van der Waals surface area contributed by atoms with E-state index in [0.717, 1.165) is 37.6 Å². The van der Waals surface area contributed by atoms with Gasteiger partial charge in [-0.2, -0.15) is 0 Å². The van der Waals surface area contributed by atoms with Crippen LogP contribution in [0.5, 0.6) is 0 Å². The SMILES string of the molecule is I.O=C(NCCN=C(Nc1ccccc1)N1CCCCC1)C1CC1. The summed E-state index contributed by atoms with van der Waals surface area (Å²) in [5, 5.41) is 6.41. The van der Waals surface area contributed by atoms with Crippen LogP contribution in [0.2, 0.25) is 0 Å². The van der Waals surface area contributed by atoms with Crippen LogP contribution in [-0.4, -0.2) is 42.9 Å². The fourth-order valence-electron chi connectivity index (χ4n) is 2.81. The molecular formula is C18H27IN4O. The van der Waals surface area contributed by atoms with Crippen LogP contribution in [0.25, 0.3) is 0 Å². The van der Waals surface area contributed by atoms with Gasteiger partial charge in [0.05, 0.1) is 6.54 Å². The van der Waals surface area contributed by atoms with Crippen molar-refractivity contribution in [1.82, 2.24) is 10.2 Å². The van der Waals surface area contributed by atoms with E-state index in [2.05, 4.69) is 15.5 Å². The Bertz CT molecular complexity index is 539. The Hall–Kier alpha value is -1.31. The summed E-state index contributed by atoms with van der Waals surface area (Å²) in [6.45, 7) is 3.33. The van der Waals surface area contributed by atoms with Crippen LogP contribution in [0.4, 0.5) is 5.69 Å². The Kier molecular flexibility index (Phi) is 7.81. The molecule has 0 radical (unpaired) electrons. The van der Waals surface area contributed by atoms with Crippen molar-refractivity contribution in [3.63, 3.8) is 0 Å². The van der Waals surface area contributed by atoms with Gasteiger partial charge in [0.1, 0.15) is 0 Å². The van der Waals surface area contributed by atoms with E-state index >= 15 is 0 Å². The van der Waals surface area contributed by atoms with Gasteiger partial charge in [-0.05, 0) is 44.2 Å². The first kappa shape index (κ1) is 19.0. The summed E-state index contributed by atoms with van der Waals surface area (Å²) in [7, 11) is 0. The molecule has 1 aromatic rings. The van der Waals surface area contributed by atoms with Crippen LogP contribution in [0.15, 0.2) is 35.3 Å². The molecule has 1 heterocycles. The van der Waals surface area contributed by atoms with Gasteiger partial charge in [-0.3, -0.25) is 9.79 Å². The van der Waals surface area contributed by atoms with E-state index in [-0.39, 0.29) is 35.8 Å². The number of para-hydroxylation sites is 1. The minimum Gasteiger partial charge on any atom is -0.354 e. The monoisotopic (exact) mass is 442 g/mol. The van der Waals surface area contributed by atoms with E-state index in [4.69, 9.17) is 4.99 Å². The van der Waals surface area contributed by atoms with Crippen LogP contribution in [0.1, 0.15) is 32.1 Å². The van der Waals surface area contributed by atoms with E-state index < -0.39 is 0 Å². The molecule has 2 fully saturated rings. The van der Waals surface area contributed by atoms with Crippen molar-refractivity contribution in [1.29, 1.82) is 0 Å². The number of nitrogens with zero attached hydrogens (tertiary/aromatic N) is 2. The third kappa shape index (κ3) is 5.96. The number of anilines is 1. The van der Waals surface area contributed by atoms with Gasteiger partial charge in [0.15, 0.2) is 5.96 Å². The Balaban J connectivity index is 0.00000208. The molecule has 132 valence electrons. The largest absolute Gasteiger partial charge is 0.354 e. The lowest BCUT2D eigenvalue weighted by Gasteiger charge is -2.30.